The molecule has 0 aromatic heterocycles. The first-order chi connectivity index (χ1) is 8.67. The smallest absolute Gasteiger partial charge is 0.240 e. The fraction of sp³-hybridized carbons (Fsp3) is 0.929. The molecule has 21 heavy (non-hydrogen) atoms. The molecule has 3 N–H and O–H groups in total. The number of carbonyl (C=O) groups is 1. The number of ether oxygens (including phenoxy) is 1. The van der Waals surface area contributed by atoms with Gasteiger partial charge in [-0.2, -0.15) is 0 Å². The third kappa shape index (κ3) is 6.70. The van der Waals surface area contributed by atoms with Crippen molar-refractivity contribution in [2.24, 2.45) is 11.1 Å². The lowest BCUT2D eigenvalue weighted by Crippen LogP contribution is -2.60. The van der Waals surface area contributed by atoms with Crippen LogP contribution in [0.5, 0.6) is 0 Å². The van der Waals surface area contributed by atoms with Gasteiger partial charge in [0.15, 0.2) is 0 Å². The predicted molar refractivity (Wildman–Crippen MR) is 91.4 cm³/mol. The van der Waals surface area contributed by atoms with Crippen molar-refractivity contribution in [1.82, 2.24) is 10.2 Å². The van der Waals surface area contributed by atoms with Crippen molar-refractivity contribution in [3.05, 3.63) is 0 Å². The lowest BCUT2D eigenvalue weighted by atomic mass is 9.83. The first-order valence-electron chi connectivity index (χ1n) is 7.00. The molecule has 1 fully saturated rings. The summed E-state index contributed by atoms with van der Waals surface area (Å²) in [5.41, 5.74) is 5.43. The van der Waals surface area contributed by atoms with Crippen molar-refractivity contribution < 1.29 is 9.53 Å². The highest BCUT2D eigenvalue weighted by Gasteiger charge is 2.38. The van der Waals surface area contributed by atoms with E-state index in [1.807, 2.05) is 21.0 Å². The molecule has 0 aromatic rings. The largest absolute Gasteiger partial charge is 0.381 e. The van der Waals surface area contributed by atoms with E-state index in [4.69, 9.17) is 10.5 Å². The van der Waals surface area contributed by atoms with Crippen LogP contribution in [0.3, 0.4) is 0 Å². The molecule has 128 valence electrons. The molecular weight excluding hydrogens is 313 g/mol. The van der Waals surface area contributed by atoms with Crippen molar-refractivity contribution in [2.75, 3.05) is 33.9 Å². The Bertz CT molecular complexity index is 319. The normalized spacial score (nSPS) is 19.2. The van der Waals surface area contributed by atoms with Crippen LogP contribution in [0.4, 0.5) is 0 Å². The minimum Gasteiger partial charge on any atom is -0.381 e. The van der Waals surface area contributed by atoms with E-state index in [1.165, 1.54) is 0 Å². The maximum atomic E-state index is 12.4. The second kappa shape index (κ2) is 9.16. The zero-order valence-corrected chi connectivity index (χ0v) is 15.4. The van der Waals surface area contributed by atoms with Crippen molar-refractivity contribution >= 4 is 30.7 Å². The summed E-state index contributed by atoms with van der Waals surface area (Å²) in [6.07, 6.45) is 1.19. The maximum absolute atomic E-state index is 12.4. The average molecular weight is 344 g/mol. The van der Waals surface area contributed by atoms with E-state index in [9.17, 15) is 4.79 Å². The molecule has 1 atom stereocenters. The summed E-state index contributed by atoms with van der Waals surface area (Å²) in [7, 11) is 4.08. The van der Waals surface area contributed by atoms with Gasteiger partial charge in [-0.05, 0) is 39.3 Å². The number of hydrogen-bond donors (Lipinski definition) is 2. The minimum absolute atomic E-state index is 0. The van der Waals surface area contributed by atoms with Crippen molar-refractivity contribution in [3.63, 3.8) is 0 Å². The van der Waals surface area contributed by atoms with Crippen LogP contribution in [0.1, 0.15) is 33.6 Å². The molecule has 1 unspecified atom stereocenters. The molecule has 1 saturated heterocycles. The van der Waals surface area contributed by atoms with Crippen LogP contribution in [-0.4, -0.2) is 56.2 Å². The summed E-state index contributed by atoms with van der Waals surface area (Å²) in [4.78, 5) is 14.5. The standard InChI is InChI=1S/C14H29N3O2.2ClH/c1-11(13(2,3)10-17(4)5)16-12(18)14(15)6-8-19-9-7-14;;/h11H,6-10,15H2,1-5H3,(H,16,18);2*1H. The van der Waals surface area contributed by atoms with E-state index in [0.717, 1.165) is 6.54 Å². The second-order valence-corrected chi connectivity index (χ2v) is 6.69. The molecule has 0 saturated carbocycles. The van der Waals surface area contributed by atoms with Gasteiger partial charge in [-0.15, -0.1) is 24.8 Å². The molecule has 1 heterocycles. The highest BCUT2D eigenvalue weighted by Crippen LogP contribution is 2.23. The fourth-order valence-electron chi connectivity index (χ4n) is 2.45. The molecule has 0 bridgehead atoms. The zero-order chi connectivity index (χ0) is 14.7. The number of hydrogen-bond acceptors (Lipinski definition) is 4. The summed E-state index contributed by atoms with van der Waals surface area (Å²) in [5.74, 6) is -0.0462. The second-order valence-electron chi connectivity index (χ2n) is 6.69. The van der Waals surface area contributed by atoms with Crippen LogP contribution in [0.2, 0.25) is 0 Å². The van der Waals surface area contributed by atoms with E-state index in [1.54, 1.807) is 0 Å². The quantitative estimate of drug-likeness (QED) is 0.792. The molecule has 5 nitrogen and oxygen atoms in total. The fourth-order valence-corrected chi connectivity index (χ4v) is 2.45. The third-order valence-electron chi connectivity index (χ3n) is 4.08. The Morgan fingerprint density at radius 1 is 1.33 bits per heavy atom. The van der Waals surface area contributed by atoms with E-state index < -0.39 is 5.54 Å². The Morgan fingerprint density at radius 3 is 2.24 bits per heavy atom. The van der Waals surface area contributed by atoms with Crippen LogP contribution in [0.25, 0.3) is 0 Å². The minimum atomic E-state index is -0.763. The van der Waals surface area contributed by atoms with E-state index in [0.29, 0.717) is 26.1 Å². The predicted octanol–water partition coefficient (Wildman–Crippen LogP) is 1.43. The van der Waals surface area contributed by atoms with Crippen molar-refractivity contribution in [2.45, 2.75) is 45.2 Å². The van der Waals surface area contributed by atoms with Gasteiger partial charge < -0.3 is 20.7 Å². The Kier molecular flexibility index (Phi) is 10.1. The van der Waals surface area contributed by atoms with Crippen LogP contribution in [0, 0.1) is 5.41 Å². The molecule has 1 amide bonds. The highest BCUT2D eigenvalue weighted by molar-refractivity contribution is 5.86. The maximum Gasteiger partial charge on any atom is 0.240 e. The highest BCUT2D eigenvalue weighted by atomic mass is 35.5. The van der Waals surface area contributed by atoms with Crippen LogP contribution in [0.15, 0.2) is 0 Å². The summed E-state index contributed by atoms with van der Waals surface area (Å²) in [6.45, 7) is 8.41. The Morgan fingerprint density at radius 2 is 1.81 bits per heavy atom. The van der Waals surface area contributed by atoms with E-state index >= 15 is 0 Å². The summed E-state index contributed by atoms with van der Waals surface area (Å²) in [5, 5.41) is 3.09. The van der Waals surface area contributed by atoms with E-state index in [2.05, 4.69) is 24.1 Å². The van der Waals surface area contributed by atoms with Gasteiger partial charge in [-0.3, -0.25) is 4.79 Å². The number of nitrogens with one attached hydrogen (secondary N) is 1. The number of rotatable bonds is 5. The topological polar surface area (TPSA) is 67.6 Å². The Balaban J connectivity index is 0. The van der Waals surface area contributed by atoms with Crippen molar-refractivity contribution in [3.8, 4) is 0 Å². The van der Waals surface area contributed by atoms with Gasteiger partial charge in [0, 0.05) is 25.8 Å². The van der Waals surface area contributed by atoms with Gasteiger partial charge in [-0.25, -0.2) is 0 Å². The third-order valence-corrected chi connectivity index (χ3v) is 4.08. The van der Waals surface area contributed by atoms with Gasteiger partial charge in [0.05, 0.1) is 5.54 Å². The zero-order valence-electron chi connectivity index (χ0n) is 13.8. The molecular formula is C14H31Cl2N3O2. The molecule has 0 aromatic carbocycles. The number of carbonyl (C=O) groups excluding carboxylic acids is 1. The molecule has 1 aliphatic heterocycles. The SMILES string of the molecule is CC(NC(=O)C1(N)CCOCC1)C(C)(C)CN(C)C.Cl.Cl. The van der Waals surface area contributed by atoms with Gasteiger partial charge in [0.2, 0.25) is 5.91 Å². The molecule has 0 aliphatic carbocycles. The van der Waals surface area contributed by atoms with Crippen molar-refractivity contribution in [1.29, 1.82) is 0 Å². The molecule has 7 heteroatoms. The molecule has 0 radical (unpaired) electrons. The number of amides is 1. The van der Waals surface area contributed by atoms with Gasteiger partial charge in [0.25, 0.3) is 0 Å². The van der Waals surface area contributed by atoms with Gasteiger partial charge >= 0.3 is 0 Å². The summed E-state index contributed by atoms with van der Waals surface area (Å²) in [6, 6.07) is 0.0747. The van der Waals surface area contributed by atoms with Gasteiger partial charge in [-0.1, -0.05) is 13.8 Å². The summed E-state index contributed by atoms with van der Waals surface area (Å²) >= 11 is 0. The molecule has 0 spiro atoms. The first-order valence-corrected chi connectivity index (χ1v) is 7.00. The Hall–Kier alpha value is -0.0700. The lowest BCUT2D eigenvalue weighted by Gasteiger charge is -2.38. The molecule has 1 aliphatic rings. The number of halogens is 2. The van der Waals surface area contributed by atoms with E-state index in [-0.39, 0.29) is 42.2 Å². The Labute approximate surface area is 141 Å². The summed E-state index contributed by atoms with van der Waals surface area (Å²) < 4.78 is 5.27. The molecule has 1 rings (SSSR count). The number of nitrogens with zero attached hydrogens (tertiary/aromatic N) is 1. The first kappa shape index (κ1) is 23.2. The van der Waals surface area contributed by atoms with Crippen LogP contribution < -0.4 is 11.1 Å². The number of nitrogens with two attached hydrogens (primary N) is 1. The monoisotopic (exact) mass is 343 g/mol. The lowest BCUT2D eigenvalue weighted by molar-refractivity contribution is -0.131. The average Bonchev–Trinajstić information content (AvgIpc) is 2.28. The van der Waals surface area contributed by atoms with Crippen LogP contribution >= 0.6 is 24.8 Å². The van der Waals surface area contributed by atoms with Gasteiger partial charge in [0.1, 0.15) is 0 Å². The van der Waals surface area contributed by atoms with Crippen LogP contribution in [-0.2, 0) is 9.53 Å².